The zero-order valence-corrected chi connectivity index (χ0v) is 12.1. The molecule has 1 atom stereocenters. The van der Waals surface area contributed by atoms with Crippen LogP contribution >= 0.6 is 0 Å². The van der Waals surface area contributed by atoms with E-state index < -0.39 is 0 Å². The highest BCUT2D eigenvalue weighted by Crippen LogP contribution is 2.43. The Labute approximate surface area is 124 Å². The van der Waals surface area contributed by atoms with E-state index in [-0.39, 0.29) is 12.0 Å². The van der Waals surface area contributed by atoms with Gasteiger partial charge in [0.2, 0.25) is 5.95 Å². The summed E-state index contributed by atoms with van der Waals surface area (Å²) in [7, 11) is 0. The molecule has 1 saturated carbocycles. The maximum absolute atomic E-state index is 14.2. The van der Waals surface area contributed by atoms with Crippen molar-refractivity contribution >= 4 is 0 Å². The highest BCUT2D eigenvalue weighted by molar-refractivity contribution is 5.68. The maximum Gasteiger partial charge on any atom is 0.218 e. The summed E-state index contributed by atoms with van der Waals surface area (Å²) in [6.07, 6.45) is 14.2. The van der Waals surface area contributed by atoms with Gasteiger partial charge in [0.25, 0.3) is 0 Å². The fraction of sp³-hybridized carbons (Fsp3) is 0.529. The standard InChI is InChI=1S/C17H20FN3/c18-17-16-13(8-9-20-17)15-10-19-11-21(15)14(16)7-6-12-4-2-1-3-5-12/h8-12,14H,1-7H2. The third kappa shape index (κ3) is 2.17. The number of pyridine rings is 1. The molecule has 4 rings (SSSR count). The average Bonchev–Trinajstić information content (AvgIpc) is 3.08. The Morgan fingerprint density at radius 3 is 2.90 bits per heavy atom. The van der Waals surface area contributed by atoms with Crippen molar-refractivity contribution < 1.29 is 4.39 Å². The summed E-state index contributed by atoms with van der Waals surface area (Å²) < 4.78 is 16.3. The Morgan fingerprint density at radius 1 is 1.19 bits per heavy atom. The topological polar surface area (TPSA) is 30.7 Å². The number of fused-ring (bicyclic) bond motifs is 3. The van der Waals surface area contributed by atoms with Gasteiger partial charge in [-0.3, -0.25) is 0 Å². The smallest absolute Gasteiger partial charge is 0.218 e. The van der Waals surface area contributed by atoms with E-state index >= 15 is 0 Å². The average molecular weight is 285 g/mol. The third-order valence-electron chi connectivity index (χ3n) is 5.13. The number of rotatable bonds is 3. The van der Waals surface area contributed by atoms with Crippen LogP contribution in [0.2, 0.25) is 0 Å². The SMILES string of the molecule is Fc1nccc2c1C(CCC1CCCCC1)n1cncc1-2. The van der Waals surface area contributed by atoms with E-state index in [1.807, 2.05) is 18.6 Å². The molecule has 1 aliphatic carbocycles. The van der Waals surface area contributed by atoms with Gasteiger partial charge in [0.05, 0.1) is 24.3 Å². The number of hydrogen-bond donors (Lipinski definition) is 0. The normalized spacial score (nSPS) is 21.3. The fourth-order valence-corrected chi connectivity index (χ4v) is 4.04. The number of imidazole rings is 1. The largest absolute Gasteiger partial charge is 0.323 e. The van der Waals surface area contributed by atoms with Crippen LogP contribution in [0.15, 0.2) is 24.8 Å². The molecular weight excluding hydrogens is 265 g/mol. The molecule has 1 unspecified atom stereocenters. The molecule has 2 aliphatic rings. The Bertz CT molecular complexity index is 643. The third-order valence-corrected chi connectivity index (χ3v) is 5.13. The van der Waals surface area contributed by atoms with Gasteiger partial charge in [-0.15, -0.1) is 0 Å². The predicted octanol–water partition coefficient (Wildman–Crippen LogP) is 4.35. The summed E-state index contributed by atoms with van der Waals surface area (Å²) in [5, 5.41) is 0. The second kappa shape index (κ2) is 5.24. The summed E-state index contributed by atoms with van der Waals surface area (Å²) in [4.78, 5) is 8.10. The van der Waals surface area contributed by atoms with Crippen LogP contribution in [-0.4, -0.2) is 14.5 Å². The van der Waals surface area contributed by atoms with Crippen LogP contribution in [0.4, 0.5) is 4.39 Å². The highest BCUT2D eigenvalue weighted by atomic mass is 19.1. The van der Waals surface area contributed by atoms with Crippen molar-refractivity contribution in [3.63, 3.8) is 0 Å². The van der Waals surface area contributed by atoms with Gasteiger partial charge in [-0.05, 0) is 24.8 Å². The number of hydrogen-bond acceptors (Lipinski definition) is 2. The van der Waals surface area contributed by atoms with Crippen LogP contribution in [0.25, 0.3) is 11.3 Å². The molecule has 0 radical (unpaired) electrons. The van der Waals surface area contributed by atoms with Crippen molar-refractivity contribution in [2.24, 2.45) is 5.92 Å². The first kappa shape index (κ1) is 13.0. The van der Waals surface area contributed by atoms with Gasteiger partial charge in [-0.1, -0.05) is 32.1 Å². The first-order valence-corrected chi connectivity index (χ1v) is 8.01. The lowest BCUT2D eigenvalue weighted by molar-refractivity contribution is 0.317. The van der Waals surface area contributed by atoms with Crippen molar-refractivity contribution in [1.29, 1.82) is 0 Å². The van der Waals surface area contributed by atoms with Crippen LogP contribution in [-0.2, 0) is 0 Å². The van der Waals surface area contributed by atoms with Crippen LogP contribution < -0.4 is 0 Å². The second-order valence-corrected chi connectivity index (χ2v) is 6.35. The van der Waals surface area contributed by atoms with Gasteiger partial charge in [0.1, 0.15) is 0 Å². The summed E-state index contributed by atoms with van der Waals surface area (Å²) in [6.45, 7) is 0. The van der Waals surface area contributed by atoms with E-state index in [1.54, 1.807) is 6.20 Å². The lowest BCUT2D eigenvalue weighted by atomic mass is 9.84. The van der Waals surface area contributed by atoms with Crippen LogP contribution in [0.1, 0.15) is 56.6 Å². The molecule has 1 aliphatic heterocycles. The molecule has 0 aromatic carbocycles. The molecule has 2 aromatic rings. The monoisotopic (exact) mass is 285 g/mol. The molecule has 4 heteroatoms. The molecule has 3 nitrogen and oxygen atoms in total. The molecule has 110 valence electrons. The molecule has 21 heavy (non-hydrogen) atoms. The van der Waals surface area contributed by atoms with Crippen molar-refractivity contribution in [1.82, 2.24) is 14.5 Å². The first-order valence-electron chi connectivity index (χ1n) is 8.01. The minimum atomic E-state index is -0.315. The molecule has 0 spiro atoms. The second-order valence-electron chi connectivity index (χ2n) is 6.35. The molecule has 0 saturated heterocycles. The van der Waals surface area contributed by atoms with E-state index in [2.05, 4.69) is 14.5 Å². The summed E-state index contributed by atoms with van der Waals surface area (Å²) in [5.74, 6) is 0.499. The number of nitrogens with zero attached hydrogens (tertiary/aromatic N) is 3. The minimum Gasteiger partial charge on any atom is -0.323 e. The predicted molar refractivity (Wildman–Crippen MR) is 79.4 cm³/mol. The van der Waals surface area contributed by atoms with E-state index in [1.165, 1.54) is 38.5 Å². The van der Waals surface area contributed by atoms with Gasteiger partial charge >= 0.3 is 0 Å². The zero-order chi connectivity index (χ0) is 14.2. The Morgan fingerprint density at radius 2 is 2.05 bits per heavy atom. The van der Waals surface area contributed by atoms with Gasteiger partial charge in [-0.2, -0.15) is 4.39 Å². The quantitative estimate of drug-likeness (QED) is 0.785. The van der Waals surface area contributed by atoms with E-state index in [0.717, 1.165) is 29.2 Å². The van der Waals surface area contributed by atoms with E-state index in [9.17, 15) is 4.39 Å². The Balaban J connectivity index is 1.60. The Hall–Kier alpha value is -1.71. The molecular formula is C17H20FN3. The molecule has 1 fully saturated rings. The van der Waals surface area contributed by atoms with Crippen LogP contribution in [0.5, 0.6) is 0 Å². The first-order chi connectivity index (χ1) is 10.3. The highest BCUT2D eigenvalue weighted by Gasteiger charge is 2.32. The van der Waals surface area contributed by atoms with Gasteiger partial charge < -0.3 is 4.57 Å². The maximum atomic E-state index is 14.2. The van der Waals surface area contributed by atoms with Crippen LogP contribution in [0, 0.1) is 11.9 Å². The lowest BCUT2D eigenvalue weighted by Gasteiger charge is -2.23. The van der Waals surface area contributed by atoms with Gasteiger partial charge in [0.15, 0.2) is 0 Å². The van der Waals surface area contributed by atoms with Gasteiger partial charge in [-0.25, -0.2) is 9.97 Å². The van der Waals surface area contributed by atoms with Crippen molar-refractivity contribution in [2.45, 2.75) is 51.0 Å². The van der Waals surface area contributed by atoms with Gasteiger partial charge in [0, 0.05) is 17.3 Å². The fourth-order valence-electron chi connectivity index (χ4n) is 4.04. The van der Waals surface area contributed by atoms with E-state index in [0.29, 0.717) is 0 Å². The summed E-state index contributed by atoms with van der Waals surface area (Å²) in [6, 6.07) is 1.99. The molecule has 0 bridgehead atoms. The lowest BCUT2D eigenvalue weighted by Crippen LogP contribution is -2.12. The molecule has 3 heterocycles. The van der Waals surface area contributed by atoms with Crippen molar-refractivity contribution in [3.8, 4) is 11.3 Å². The van der Waals surface area contributed by atoms with Crippen LogP contribution in [0.3, 0.4) is 0 Å². The number of aromatic nitrogens is 3. The summed E-state index contributed by atoms with van der Waals surface area (Å²) >= 11 is 0. The van der Waals surface area contributed by atoms with E-state index in [4.69, 9.17) is 0 Å². The molecule has 0 N–H and O–H groups in total. The van der Waals surface area contributed by atoms with Crippen molar-refractivity contribution in [3.05, 3.63) is 36.3 Å². The molecule has 2 aromatic heterocycles. The molecule has 0 amide bonds. The zero-order valence-electron chi connectivity index (χ0n) is 12.1. The van der Waals surface area contributed by atoms with Crippen molar-refractivity contribution in [2.75, 3.05) is 0 Å². The summed E-state index contributed by atoms with van der Waals surface area (Å²) in [5.41, 5.74) is 2.76. The minimum absolute atomic E-state index is 0.0770. The number of halogens is 1. The Kier molecular flexibility index (Phi) is 3.24.